The summed E-state index contributed by atoms with van der Waals surface area (Å²) < 4.78 is 42.0. The van der Waals surface area contributed by atoms with Crippen molar-refractivity contribution in [2.24, 2.45) is 11.8 Å². The molecule has 0 unspecified atom stereocenters. The molecule has 2 fully saturated rings. The molecule has 0 amide bonds. The summed E-state index contributed by atoms with van der Waals surface area (Å²) >= 11 is 0. The number of carboxylic acid groups (broad SMARTS) is 1. The summed E-state index contributed by atoms with van der Waals surface area (Å²) in [5, 5.41) is 9.37. The number of hydrogen-bond donors (Lipinski definition) is 1. The Morgan fingerprint density at radius 1 is 1.04 bits per heavy atom. The molecule has 246 valence electrons. The van der Waals surface area contributed by atoms with E-state index in [-0.39, 0.29) is 22.8 Å². The summed E-state index contributed by atoms with van der Waals surface area (Å²) in [5.74, 6) is 0.0529. The van der Waals surface area contributed by atoms with E-state index < -0.39 is 28.7 Å². The normalized spacial score (nSPS) is 22.9. The first-order chi connectivity index (χ1) is 21.9. The third-order valence-electron chi connectivity index (χ3n) is 9.68. The number of carbonyl (C=O) groups is 1. The molecule has 3 aromatic rings. The van der Waals surface area contributed by atoms with E-state index in [0.717, 1.165) is 31.3 Å². The van der Waals surface area contributed by atoms with E-state index in [0.29, 0.717) is 36.2 Å². The first-order valence-corrected chi connectivity index (χ1v) is 17.8. The van der Waals surface area contributed by atoms with E-state index in [2.05, 4.69) is 56.8 Å². The fraction of sp³-hybridized carbons (Fsp3) is 0.447. The van der Waals surface area contributed by atoms with Gasteiger partial charge in [0, 0.05) is 30.5 Å². The van der Waals surface area contributed by atoms with E-state index in [9.17, 15) is 18.3 Å². The number of nitrogens with zero attached hydrogens (tertiary/aromatic N) is 1. The molecule has 4 atom stereocenters. The van der Waals surface area contributed by atoms with Crippen LogP contribution < -0.4 is 4.74 Å². The van der Waals surface area contributed by atoms with Crippen LogP contribution in [0.4, 0.5) is 0 Å². The average molecular weight is 646 g/mol. The third kappa shape index (κ3) is 7.73. The monoisotopic (exact) mass is 645 g/mol. The molecule has 8 heteroatoms. The molecule has 1 N–H and O–H groups in total. The SMILES string of the molecule is C=C(C)[C@@H]1C[C@@H](c2ccc(C(C)C)cc2)[C@@H](C)O[C@H]1c1cc(S(=O)(=O)N2CCC(Cc3ccccc3)CC2)ccc1OCC(=O)O. The van der Waals surface area contributed by atoms with Crippen LogP contribution in [0.1, 0.15) is 87.2 Å². The minimum absolute atomic E-state index is 0.117. The summed E-state index contributed by atoms with van der Waals surface area (Å²) in [6.07, 6.45) is 2.56. The third-order valence-corrected chi connectivity index (χ3v) is 11.6. The molecule has 0 spiro atoms. The fourth-order valence-electron chi connectivity index (χ4n) is 6.93. The predicted octanol–water partition coefficient (Wildman–Crippen LogP) is 7.74. The van der Waals surface area contributed by atoms with E-state index in [1.807, 2.05) is 32.0 Å². The maximum absolute atomic E-state index is 14.0. The maximum atomic E-state index is 14.0. The lowest BCUT2D eigenvalue weighted by molar-refractivity contribution is -0.139. The smallest absolute Gasteiger partial charge is 0.341 e. The van der Waals surface area contributed by atoms with Crippen LogP contribution in [0, 0.1) is 11.8 Å². The Bertz CT molecular complexity index is 1610. The van der Waals surface area contributed by atoms with Gasteiger partial charge in [0.2, 0.25) is 10.0 Å². The molecule has 5 rings (SSSR count). The second-order valence-electron chi connectivity index (χ2n) is 13.3. The lowest BCUT2D eigenvalue weighted by Crippen LogP contribution is -2.39. The Morgan fingerprint density at radius 2 is 1.72 bits per heavy atom. The zero-order chi connectivity index (χ0) is 33.0. The van der Waals surface area contributed by atoms with Gasteiger partial charge in [-0.15, -0.1) is 0 Å². The van der Waals surface area contributed by atoms with Gasteiger partial charge < -0.3 is 14.6 Å². The highest BCUT2D eigenvalue weighted by molar-refractivity contribution is 7.89. The second kappa shape index (κ2) is 14.5. The van der Waals surface area contributed by atoms with Crippen molar-refractivity contribution in [2.75, 3.05) is 19.7 Å². The van der Waals surface area contributed by atoms with Crippen molar-refractivity contribution < 1.29 is 27.8 Å². The van der Waals surface area contributed by atoms with Gasteiger partial charge in [-0.1, -0.05) is 80.6 Å². The Morgan fingerprint density at radius 3 is 2.33 bits per heavy atom. The van der Waals surface area contributed by atoms with E-state index >= 15 is 0 Å². The van der Waals surface area contributed by atoms with Crippen LogP contribution in [0.2, 0.25) is 0 Å². The molecular weight excluding hydrogens is 598 g/mol. The minimum Gasteiger partial charge on any atom is -0.482 e. The van der Waals surface area contributed by atoms with Crippen molar-refractivity contribution in [2.45, 2.75) is 82.3 Å². The molecule has 46 heavy (non-hydrogen) atoms. The van der Waals surface area contributed by atoms with Gasteiger partial charge >= 0.3 is 5.97 Å². The van der Waals surface area contributed by atoms with Gasteiger partial charge in [-0.2, -0.15) is 4.31 Å². The van der Waals surface area contributed by atoms with Gasteiger partial charge in [-0.25, -0.2) is 13.2 Å². The quantitative estimate of drug-likeness (QED) is 0.215. The van der Waals surface area contributed by atoms with Crippen molar-refractivity contribution in [1.82, 2.24) is 4.31 Å². The first-order valence-electron chi connectivity index (χ1n) is 16.4. The molecular formula is C38H47NO6S. The standard InChI is InChI=1S/C38H47NO6S/c1-25(2)30-11-13-31(14-12-30)34-23-33(26(3)4)38(45-27(34)5)35-22-32(15-16-36(35)44-24-37(40)41)46(42,43)39-19-17-29(18-20-39)21-28-9-7-6-8-10-28/h6-16,22,25,27,29,33-34,38H,3,17-21,23-24H2,1-2,4-5H3,(H,40,41)/t27-,33+,34-,38-/m1/s1. The summed E-state index contributed by atoms with van der Waals surface area (Å²) in [6, 6.07) is 23.7. The first kappa shape index (κ1) is 33.9. The lowest BCUT2D eigenvalue weighted by atomic mass is 9.75. The molecule has 0 saturated carbocycles. The highest BCUT2D eigenvalue weighted by Crippen LogP contribution is 2.48. The van der Waals surface area contributed by atoms with Gasteiger partial charge in [0.15, 0.2) is 6.61 Å². The number of benzene rings is 3. The zero-order valence-electron chi connectivity index (χ0n) is 27.4. The number of carboxylic acids is 1. The Kier molecular flexibility index (Phi) is 10.7. The molecule has 2 aliphatic heterocycles. The maximum Gasteiger partial charge on any atom is 0.341 e. The van der Waals surface area contributed by atoms with Crippen LogP contribution in [-0.4, -0.2) is 49.6 Å². The van der Waals surface area contributed by atoms with Crippen molar-refractivity contribution in [1.29, 1.82) is 0 Å². The number of aliphatic carboxylic acids is 1. The Balaban J connectivity index is 1.41. The number of sulfonamides is 1. The van der Waals surface area contributed by atoms with E-state index in [1.165, 1.54) is 22.8 Å². The van der Waals surface area contributed by atoms with Crippen LogP contribution in [0.25, 0.3) is 0 Å². The van der Waals surface area contributed by atoms with Crippen LogP contribution >= 0.6 is 0 Å². The topological polar surface area (TPSA) is 93.1 Å². The molecule has 2 saturated heterocycles. The number of ether oxygens (including phenoxy) is 2. The molecule has 0 aliphatic carbocycles. The molecule has 2 heterocycles. The molecule has 0 bridgehead atoms. The number of hydrogen-bond acceptors (Lipinski definition) is 5. The van der Waals surface area contributed by atoms with Gasteiger partial charge in [0.05, 0.1) is 17.1 Å². The van der Waals surface area contributed by atoms with Crippen LogP contribution in [0.3, 0.4) is 0 Å². The fourth-order valence-corrected chi connectivity index (χ4v) is 8.43. The lowest BCUT2D eigenvalue weighted by Gasteiger charge is -2.42. The van der Waals surface area contributed by atoms with Crippen molar-refractivity contribution in [3.05, 3.63) is 107 Å². The van der Waals surface area contributed by atoms with Gasteiger partial charge in [-0.3, -0.25) is 0 Å². The molecule has 7 nitrogen and oxygen atoms in total. The summed E-state index contributed by atoms with van der Waals surface area (Å²) in [6.45, 7) is 13.0. The summed E-state index contributed by atoms with van der Waals surface area (Å²) in [7, 11) is -3.80. The Hall–Kier alpha value is -3.46. The largest absolute Gasteiger partial charge is 0.482 e. The average Bonchev–Trinajstić information content (AvgIpc) is 3.04. The van der Waals surface area contributed by atoms with Crippen molar-refractivity contribution in [3.8, 4) is 5.75 Å². The Labute approximate surface area is 274 Å². The van der Waals surface area contributed by atoms with Gasteiger partial charge in [0.25, 0.3) is 0 Å². The van der Waals surface area contributed by atoms with Crippen LogP contribution in [0.15, 0.2) is 89.8 Å². The summed E-state index contributed by atoms with van der Waals surface area (Å²) in [5.41, 5.74) is 5.19. The van der Waals surface area contributed by atoms with Crippen LogP contribution in [-0.2, 0) is 26.0 Å². The van der Waals surface area contributed by atoms with Crippen molar-refractivity contribution >= 4 is 16.0 Å². The second-order valence-corrected chi connectivity index (χ2v) is 15.2. The van der Waals surface area contributed by atoms with E-state index in [1.54, 1.807) is 16.4 Å². The zero-order valence-corrected chi connectivity index (χ0v) is 28.2. The molecule has 2 aliphatic rings. The van der Waals surface area contributed by atoms with Crippen molar-refractivity contribution in [3.63, 3.8) is 0 Å². The van der Waals surface area contributed by atoms with Gasteiger partial charge in [-0.05, 0) is 86.3 Å². The molecule has 0 aromatic heterocycles. The van der Waals surface area contributed by atoms with E-state index in [4.69, 9.17) is 9.47 Å². The number of piperidine rings is 1. The van der Waals surface area contributed by atoms with Crippen LogP contribution in [0.5, 0.6) is 5.75 Å². The number of rotatable bonds is 11. The molecule has 3 aromatic carbocycles. The minimum atomic E-state index is -3.80. The predicted molar refractivity (Wildman–Crippen MR) is 181 cm³/mol. The summed E-state index contributed by atoms with van der Waals surface area (Å²) in [4.78, 5) is 11.6. The molecule has 0 radical (unpaired) electrons. The highest BCUT2D eigenvalue weighted by atomic mass is 32.2. The van der Waals surface area contributed by atoms with Gasteiger partial charge in [0.1, 0.15) is 5.75 Å². The highest BCUT2D eigenvalue weighted by Gasteiger charge is 2.40.